The van der Waals surface area contributed by atoms with Gasteiger partial charge in [-0.25, -0.2) is 0 Å². The number of hydrogen-bond donors (Lipinski definition) is 3. The highest BCUT2D eigenvalue weighted by Gasteiger charge is 2.27. The Hall–Kier alpha value is -2.14. The molecule has 3 N–H and O–H groups in total. The van der Waals surface area contributed by atoms with Crippen LogP contribution in [0, 0.1) is 19.8 Å². The molecule has 5 nitrogen and oxygen atoms in total. The Morgan fingerprint density at radius 2 is 2.04 bits per heavy atom. The lowest BCUT2D eigenvalue weighted by Crippen LogP contribution is -2.39. The molecular formula is C19H26N4O. The number of amides is 1. The molecule has 3 rings (SSSR count). The zero-order valence-electron chi connectivity index (χ0n) is 14.4. The van der Waals surface area contributed by atoms with Gasteiger partial charge in [-0.15, -0.1) is 0 Å². The summed E-state index contributed by atoms with van der Waals surface area (Å²) in [4.78, 5) is 12.2. The molecule has 1 aromatic carbocycles. The molecule has 1 aliphatic carbocycles. The number of carbonyl (C=O) groups excluding carboxylic acids is 1. The van der Waals surface area contributed by atoms with Crippen molar-refractivity contribution in [2.75, 3.05) is 11.9 Å². The van der Waals surface area contributed by atoms with E-state index in [4.69, 9.17) is 0 Å². The van der Waals surface area contributed by atoms with Gasteiger partial charge in [0, 0.05) is 6.04 Å². The number of nitrogens with zero attached hydrogens (tertiary/aromatic N) is 1. The van der Waals surface area contributed by atoms with Gasteiger partial charge in [-0.1, -0.05) is 36.8 Å². The summed E-state index contributed by atoms with van der Waals surface area (Å²) in [6, 6.07) is 11.0. The smallest absolute Gasteiger partial charge is 0.238 e. The second-order valence-electron chi connectivity index (χ2n) is 6.73. The van der Waals surface area contributed by atoms with E-state index >= 15 is 0 Å². The molecule has 0 bridgehead atoms. The van der Waals surface area contributed by atoms with Crippen molar-refractivity contribution in [1.82, 2.24) is 15.5 Å². The first-order valence-electron chi connectivity index (χ1n) is 8.72. The fourth-order valence-electron chi connectivity index (χ4n) is 3.61. The summed E-state index contributed by atoms with van der Waals surface area (Å²) in [5, 5.41) is 13.4. The number of rotatable bonds is 6. The normalized spacial score (nSPS) is 20.2. The molecule has 128 valence electrons. The molecule has 1 aliphatic rings. The number of aryl methyl sites for hydroxylation is 2. The van der Waals surface area contributed by atoms with E-state index in [0.717, 1.165) is 29.9 Å². The summed E-state index contributed by atoms with van der Waals surface area (Å²) >= 11 is 0. The monoisotopic (exact) mass is 326 g/mol. The fourth-order valence-corrected chi connectivity index (χ4v) is 3.61. The van der Waals surface area contributed by atoms with Gasteiger partial charge in [0.1, 0.15) is 0 Å². The van der Waals surface area contributed by atoms with Crippen LogP contribution in [-0.2, 0) is 11.2 Å². The molecule has 2 atom stereocenters. The van der Waals surface area contributed by atoms with Crippen LogP contribution in [0.4, 0.5) is 5.69 Å². The first-order valence-corrected chi connectivity index (χ1v) is 8.72. The van der Waals surface area contributed by atoms with Crippen LogP contribution >= 0.6 is 0 Å². The molecule has 0 radical (unpaired) electrons. The molecule has 1 amide bonds. The van der Waals surface area contributed by atoms with Crippen LogP contribution in [0.3, 0.4) is 0 Å². The predicted molar refractivity (Wildman–Crippen MR) is 96.0 cm³/mol. The highest BCUT2D eigenvalue weighted by Crippen LogP contribution is 2.28. The highest BCUT2D eigenvalue weighted by molar-refractivity contribution is 5.93. The lowest BCUT2D eigenvalue weighted by molar-refractivity contribution is -0.115. The Labute approximate surface area is 143 Å². The van der Waals surface area contributed by atoms with Crippen LogP contribution in [0.15, 0.2) is 30.3 Å². The van der Waals surface area contributed by atoms with Crippen LogP contribution in [0.5, 0.6) is 0 Å². The van der Waals surface area contributed by atoms with Crippen molar-refractivity contribution in [3.05, 3.63) is 47.3 Å². The molecule has 5 heteroatoms. The number of nitrogens with one attached hydrogen (secondary N) is 3. The number of H-pyrrole nitrogens is 1. The Kier molecular flexibility index (Phi) is 5.30. The first kappa shape index (κ1) is 16.7. The molecule has 0 unspecified atom stereocenters. The molecule has 0 spiro atoms. The van der Waals surface area contributed by atoms with E-state index in [1.54, 1.807) is 0 Å². The maximum Gasteiger partial charge on any atom is 0.238 e. The average molecular weight is 326 g/mol. The molecule has 1 fully saturated rings. The van der Waals surface area contributed by atoms with E-state index in [9.17, 15) is 4.79 Å². The van der Waals surface area contributed by atoms with Crippen LogP contribution in [0.1, 0.15) is 36.2 Å². The minimum Gasteiger partial charge on any atom is -0.322 e. The number of hydrogen-bond acceptors (Lipinski definition) is 3. The summed E-state index contributed by atoms with van der Waals surface area (Å²) in [7, 11) is 0. The van der Waals surface area contributed by atoms with Crippen molar-refractivity contribution in [1.29, 1.82) is 0 Å². The van der Waals surface area contributed by atoms with Gasteiger partial charge in [0.15, 0.2) is 0 Å². The van der Waals surface area contributed by atoms with Gasteiger partial charge in [0.05, 0.1) is 23.6 Å². The maximum atomic E-state index is 12.2. The van der Waals surface area contributed by atoms with E-state index in [1.165, 1.54) is 18.4 Å². The van der Waals surface area contributed by atoms with Gasteiger partial charge >= 0.3 is 0 Å². The molecular weight excluding hydrogens is 300 g/mol. The highest BCUT2D eigenvalue weighted by atomic mass is 16.1. The third kappa shape index (κ3) is 4.03. The van der Waals surface area contributed by atoms with Crippen molar-refractivity contribution < 1.29 is 4.79 Å². The quantitative estimate of drug-likeness (QED) is 0.764. The number of benzene rings is 1. The van der Waals surface area contributed by atoms with E-state index in [-0.39, 0.29) is 5.91 Å². The van der Waals surface area contributed by atoms with Gasteiger partial charge in [0.2, 0.25) is 5.91 Å². The Morgan fingerprint density at radius 1 is 1.25 bits per heavy atom. The van der Waals surface area contributed by atoms with E-state index in [2.05, 4.69) is 51.2 Å². The van der Waals surface area contributed by atoms with Crippen LogP contribution in [0.25, 0.3) is 0 Å². The zero-order valence-corrected chi connectivity index (χ0v) is 14.4. The SMILES string of the molecule is Cc1n[nH]c(C)c1NC(=O)CN[C@H]1CCC[C@@H]1Cc1ccccc1. The number of aromatic amines is 1. The van der Waals surface area contributed by atoms with Crippen LogP contribution in [-0.4, -0.2) is 28.7 Å². The van der Waals surface area contributed by atoms with Crippen LogP contribution < -0.4 is 10.6 Å². The minimum atomic E-state index is -0.00652. The van der Waals surface area contributed by atoms with Gasteiger partial charge in [-0.2, -0.15) is 5.10 Å². The summed E-state index contributed by atoms with van der Waals surface area (Å²) in [5.74, 6) is 0.602. The lowest BCUT2D eigenvalue weighted by atomic mass is 9.94. The summed E-state index contributed by atoms with van der Waals surface area (Å²) in [6.07, 6.45) is 4.69. The first-order chi connectivity index (χ1) is 11.6. The molecule has 24 heavy (non-hydrogen) atoms. The molecule has 1 saturated carbocycles. The maximum absolute atomic E-state index is 12.2. The topological polar surface area (TPSA) is 69.8 Å². The van der Waals surface area contributed by atoms with Gasteiger partial charge < -0.3 is 10.6 Å². The molecule has 2 aromatic rings. The molecule has 0 saturated heterocycles. The molecule has 1 aromatic heterocycles. The van der Waals surface area contributed by atoms with E-state index in [0.29, 0.717) is 18.5 Å². The Balaban J connectivity index is 1.51. The van der Waals surface area contributed by atoms with Crippen molar-refractivity contribution in [2.45, 2.75) is 45.6 Å². The van der Waals surface area contributed by atoms with Crippen LogP contribution in [0.2, 0.25) is 0 Å². The summed E-state index contributed by atoms with van der Waals surface area (Å²) in [6.45, 7) is 4.15. The van der Waals surface area contributed by atoms with E-state index < -0.39 is 0 Å². The van der Waals surface area contributed by atoms with E-state index in [1.807, 2.05) is 13.8 Å². The van der Waals surface area contributed by atoms with Gasteiger partial charge in [-0.3, -0.25) is 9.89 Å². The lowest BCUT2D eigenvalue weighted by Gasteiger charge is -2.21. The Bertz CT molecular complexity index is 660. The standard InChI is InChI=1S/C19H26N4O/c1-13-19(14(2)23-22-13)21-18(24)12-20-17-10-6-9-16(17)11-15-7-4-3-5-8-15/h3-5,7-8,16-17,20H,6,9-12H2,1-2H3,(H,21,24)(H,22,23)/t16-,17+/m1/s1. The van der Waals surface area contributed by atoms with Gasteiger partial charge in [0.25, 0.3) is 0 Å². The third-order valence-corrected chi connectivity index (χ3v) is 4.92. The second kappa shape index (κ2) is 7.62. The van der Waals surface area contributed by atoms with Gasteiger partial charge in [-0.05, 0) is 44.6 Å². The minimum absolute atomic E-state index is 0.00652. The summed E-state index contributed by atoms with van der Waals surface area (Å²) < 4.78 is 0. The predicted octanol–water partition coefficient (Wildman–Crippen LogP) is 2.97. The number of carbonyl (C=O) groups is 1. The number of aromatic nitrogens is 2. The zero-order chi connectivity index (χ0) is 16.9. The molecule has 1 heterocycles. The second-order valence-corrected chi connectivity index (χ2v) is 6.73. The fraction of sp³-hybridized carbons (Fsp3) is 0.474. The number of anilines is 1. The average Bonchev–Trinajstić information content (AvgIpc) is 3.15. The Morgan fingerprint density at radius 3 is 2.75 bits per heavy atom. The van der Waals surface area contributed by atoms with Crippen molar-refractivity contribution in [3.8, 4) is 0 Å². The summed E-state index contributed by atoms with van der Waals surface area (Å²) in [5.41, 5.74) is 3.90. The largest absolute Gasteiger partial charge is 0.322 e. The van der Waals surface area contributed by atoms with Crippen molar-refractivity contribution in [3.63, 3.8) is 0 Å². The third-order valence-electron chi connectivity index (χ3n) is 4.92. The van der Waals surface area contributed by atoms with Crippen molar-refractivity contribution in [2.24, 2.45) is 5.92 Å². The molecule has 0 aliphatic heterocycles. The van der Waals surface area contributed by atoms with Crippen molar-refractivity contribution >= 4 is 11.6 Å².